The molecule has 0 aliphatic rings. The molecule has 0 fully saturated rings. The SMILES string of the molecule is CCCCCCCNc1cc(F)c(F)c(F)c1. The van der Waals surface area contributed by atoms with Crippen LogP contribution in [0.25, 0.3) is 0 Å². The summed E-state index contributed by atoms with van der Waals surface area (Å²) in [5.74, 6) is -3.73. The van der Waals surface area contributed by atoms with Crippen LogP contribution < -0.4 is 5.32 Å². The monoisotopic (exact) mass is 245 g/mol. The van der Waals surface area contributed by atoms with E-state index in [4.69, 9.17) is 0 Å². The molecule has 0 aliphatic carbocycles. The molecule has 0 radical (unpaired) electrons. The van der Waals surface area contributed by atoms with Gasteiger partial charge in [0.15, 0.2) is 17.5 Å². The number of hydrogen-bond donors (Lipinski definition) is 1. The van der Waals surface area contributed by atoms with Crippen LogP contribution in [0.2, 0.25) is 0 Å². The second-order valence-corrected chi connectivity index (χ2v) is 4.09. The maximum Gasteiger partial charge on any atom is 0.194 e. The van der Waals surface area contributed by atoms with Gasteiger partial charge in [0.25, 0.3) is 0 Å². The van der Waals surface area contributed by atoms with Gasteiger partial charge in [0.1, 0.15) is 0 Å². The zero-order chi connectivity index (χ0) is 12.7. The van der Waals surface area contributed by atoms with Crippen molar-refractivity contribution < 1.29 is 13.2 Å². The van der Waals surface area contributed by atoms with E-state index in [2.05, 4.69) is 12.2 Å². The van der Waals surface area contributed by atoms with Crippen molar-refractivity contribution in [1.82, 2.24) is 0 Å². The molecule has 4 heteroatoms. The van der Waals surface area contributed by atoms with Crippen LogP contribution in [-0.4, -0.2) is 6.54 Å². The van der Waals surface area contributed by atoms with Gasteiger partial charge in [-0.05, 0) is 6.42 Å². The van der Waals surface area contributed by atoms with Gasteiger partial charge >= 0.3 is 0 Å². The summed E-state index contributed by atoms with van der Waals surface area (Å²) in [6.07, 6.45) is 5.60. The average molecular weight is 245 g/mol. The Kier molecular flexibility index (Phi) is 5.87. The Labute approximate surface area is 100 Å². The molecule has 17 heavy (non-hydrogen) atoms. The van der Waals surface area contributed by atoms with E-state index < -0.39 is 17.5 Å². The molecule has 0 aliphatic heterocycles. The molecule has 0 unspecified atom stereocenters. The molecule has 0 heterocycles. The molecular formula is C13H18F3N. The lowest BCUT2D eigenvalue weighted by Crippen LogP contribution is -2.03. The number of nitrogens with one attached hydrogen (secondary N) is 1. The smallest absolute Gasteiger partial charge is 0.194 e. The fourth-order valence-electron chi connectivity index (χ4n) is 1.62. The van der Waals surface area contributed by atoms with Crippen molar-refractivity contribution in [3.05, 3.63) is 29.6 Å². The molecule has 0 bridgehead atoms. The first-order valence-electron chi connectivity index (χ1n) is 6.03. The lowest BCUT2D eigenvalue weighted by atomic mass is 10.1. The van der Waals surface area contributed by atoms with Crippen molar-refractivity contribution in [3.63, 3.8) is 0 Å². The van der Waals surface area contributed by atoms with Crippen molar-refractivity contribution in [2.75, 3.05) is 11.9 Å². The average Bonchev–Trinajstić information content (AvgIpc) is 2.30. The Morgan fingerprint density at radius 3 is 2.12 bits per heavy atom. The maximum absolute atomic E-state index is 12.9. The highest BCUT2D eigenvalue weighted by atomic mass is 19.2. The topological polar surface area (TPSA) is 12.0 Å². The first-order chi connectivity index (χ1) is 8.15. The van der Waals surface area contributed by atoms with Crippen LogP contribution in [-0.2, 0) is 0 Å². The molecule has 1 rings (SSSR count). The Morgan fingerprint density at radius 2 is 1.53 bits per heavy atom. The standard InChI is InChI=1S/C13H18F3N/c1-2-3-4-5-6-7-17-10-8-11(14)13(16)12(15)9-10/h8-9,17H,2-7H2,1H3. The Hall–Kier alpha value is -1.19. The zero-order valence-corrected chi connectivity index (χ0v) is 10.0. The van der Waals surface area contributed by atoms with E-state index >= 15 is 0 Å². The minimum Gasteiger partial charge on any atom is -0.385 e. The second-order valence-electron chi connectivity index (χ2n) is 4.09. The quantitative estimate of drug-likeness (QED) is 0.551. The normalized spacial score (nSPS) is 10.6. The van der Waals surface area contributed by atoms with Gasteiger partial charge < -0.3 is 5.32 Å². The minimum absolute atomic E-state index is 0.289. The summed E-state index contributed by atoms with van der Waals surface area (Å²) in [6, 6.07) is 1.95. The van der Waals surface area contributed by atoms with Crippen LogP contribution in [0.1, 0.15) is 39.0 Å². The minimum atomic E-state index is -1.42. The number of anilines is 1. The Balaban J connectivity index is 2.32. The molecular weight excluding hydrogens is 227 g/mol. The highest BCUT2D eigenvalue weighted by Gasteiger charge is 2.09. The molecule has 0 saturated heterocycles. The summed E-state index contributed by atoms with van der Waals surface area (Å²) in [4.78, 5) is 0. The maximum atomic E-state index is 12.9. The van der Waals surface area contributed by atoms with Crippen LogP contribution in [0.15, 0.2) is 12.1 Å². The number of benzene rings is 1. The highest BCUT2D eigenvalue weighted by molar-refractivity contribution is 5.43. The van der Waals surface area contributed by atoms with Gasteiger partial charge in [-0.3, -0.25) is 0 Å². The van der Waals surface area contributed by atoms with Gasteiger partial charge in [-0.2, -0.15) is 0 Å². The molecule has 1 aromatic carbocycles. The van der Waals surface area contributed by atoms with E-state index in [0.29, 0.717) is 6.54 Å². The van der Waals surface area contributed by atoms with Crippen molar-refractivity contribution in [2.45, 2.75) is 39.0 Å². The van der Waals surface area contributed by atoms with E-state index in [1.54, 1.807) is 0 Å². The van der Waals surface area contributed by atoms with E-state index in [-0.39, 0.29) is 5.69 Å². The zero-order valence-electron chi connectivity index (χ0n) is 10.0. The van der Waals surface area contributed by atoms with Crippen LogP contribution >= 0.6 is 0 Å². The number of hydrogen-bond acceptors (Lipinski definition) is 1. The summed E-state index contributed by atoms with van der Waals surface area (Å²) < 4.78 is 38.4. The lowest BCUT2D eigenvalue weighted by Gasteiger charge is -2.07. The van der Waals surface area contributed by atoms with Crippen LogP contribution in [0.3, 0.4) is 0 Å². The van der Waals surface area contributed by atoms with Crippen LogP contribution in [0, 0.1) is 17.5 Å². The number of unbranched alkanes of at least 4 members (excludes halogenated alkanes) is 4. The molecule has 0 atom stereocenters. The predicted molar refractivity (Wildman–Crippen MR) is 63.6 cm³/mol. The third-order valence-electron chi connectivity index (χ3n) is 2.59. The lowest BCUT2D eigenvalue weighted by molar-refractivity contribution is 0.447. The highest BCUT2D eigenvalue weighted by Crippen LogP contribution is 2.17. The Morgan fingerprint density at radius 1 is 0.941 bits per heavy atom. The van der Waals surface area contributed by atoms with Gasteiger partial charge in [-0.25, -0.2) is 13.2 Å². The van der Waals surface area contributed by atoms with Gasteiger partial charge in [0, 0.05) is 24.4 Å². The fourth-order valence-corrected chi connectivity index (χ4v) is 1.62. The van der Waals surface area contributed by atoms with Gasteiger partial charge in [-0.1, -0.05) is 32.6 Å². The molecule has 1 N–H and O–H groups in total. The third-order valence-corrected chi connectivity index (χ3v) is 2.59. The molecule has 0 saturated carbocycles. The van der Waals surface area contributed by atoms with Crippen LogP contribution in [0.5, 0.6) is 0 Å². The summed E-state index contributed by atoms with van der Waals surface area (Å²) in [5.41, 5.74) is 0.289. The van der Waals surface area contributed by atoms with Crippen molar-refractivity contribution in [3.8, 4) is 0 Å². The first-order valence-corrected chi connectivity index (χ1v) is 6.03. The largest absolute Gasteiger partial charge is 0.385 e. The van der Waals surface area contributed by atoms with Crippen molar-refractivity contribution in [1.29, 1.82) is 0 Å². The summed E-state index contributed by atoms with van der Waals surface area (Å²) in [6.45, 7) is 2.79. The second kappa shape index (κ2) is 7.20. The van der Waals surface area contributed by atoms with Gasteiger partial charge in [0.2, 0.25) is 0 Å². The van der Waals surface area contributed by atoms with Crippen molar-refractivity contribution in [2.24, 2.45) is 0 Å². The molecule has 96 valence electrons. The van der Waals surface area contributed by atoms with E-state index in [1.165, 1.54) is 19.3 Å². The van der Waals surface area contributed by atoms with Crippen molar-refractivity contribution >= 4 is 5.69 Å². The Bertz CT molecular complexity index is 330. The van der Waals surface area contributed by atoms with Crippen LogP contribution in [0.4, 0.5) is 18.9 Å². The molecule has 1 nitrogen and oxygen atoms in total. The predicted octanol–water partition coefficient (Wildman–Crippen LogP) is 4.49. The fraction of sp³-hybridized carbons (Fsp3) is 0.538. The number of rotatable bonds is 7. The first kappa shape index (κ1) is 13.9. The molecule has 0 amide bonds. The third kappa shape index (κ3) is 4.67. The van der Waals surface area contributed by atoms with Gasteiger partial charge in [0.05, 0.1) is 0 Å². The summed E-state index contributed by atoms with van der Waals surface area (Å²) in [7, 11) is 0. The molecule has 0 spiro atoms. The van der Waals surface area contributed by atoms with E-state index in [9.17, 15) is 13.2 Å². The number of halogens is 3. The molecule has 0 aromatic heterocycles. The molecule has 1 aromatic rings. The van der Waals surface area contributed by atoms with E-state index in [1.807, 2.05) is 0 Å². The van der Waals surface area contributed by atoms with E-state index in [0.717, 1.165) is 25.0 Å². The summed E-state index contributed by atoms with van der Waals surface area (Å²) >= 11 is 0. The summed E-state index contributed by atoms with van der Waals surface area (Å²) in [5, 5.41) is 2.88. The van der Waals surface area contributed by atoms with Gasteiger partial charge in [-0.15, -0.1) is 0 Å².